The van der Waals surface area contributed by atoms with E-state index in [1.807, 2.05) is 0 Å². The molecule has 1 rings (SSSR count). The van der Waals surface area contributed by atoms with Crippen molar-refractivity contribution in [1.29, 1.82) is 0 Å². The Kier molecular flexibility index (Phi) is 4.72. The monoisotopic (exact) mass is 257 g/mol. The van der Waals surface area contributed by atoms with E-state index >= 15 is 0 Å². The normalized spacial score (nSPS) is 29.4. The lowest BCUT2D eigenvalue weighted by Crippen LogP contribution is -2.41. The molecular weight excluding hydrogens is 243 g/mol. The summed E-state index contributed by atoms with van der Waals surface area (Å²) in [5.74, 6) is -2.33. The predicted octanol–water partition coefficient (Wildman–Crippen LogP) is 0.646. The molecule has 0 bridgehead atoms. The van der Waals surface area contributed by atoms with E-state index in [2.05, 4.69) is 0 Å². The molecule has 0 radical (unpaired) electrons. The van der Waals surface area contributed by atoms with Crippen LogP contribution in [0.3, 0.4) is 0 Å². The Morgan fingerprint density at radius 1 is 1.41 bits per heavy atom. The van der Waals surface area contributed by atoms with E-state index in [1.54, 1.807) is 5.32 Å². The Morgan fingerprint density at radius 2 is 2.06 bits per heavy atom. The van der Waals surface area contributed by atoms with Gasteiger partial charge >= 0.3 is 12.1 Å². The first-order chi connectivity index (χ1) is 7.88. The summed E-state index contributed by atoms with van der Waals surface area (Å²) in [6.45, 7) is -0.170. The maximum Gasteiger partial charge on any atom is 0.471 e. The number of alkyl halides is 3. The van der Waals surface area contributed by atoms with Crippen LogP contribution < -0.4 is 5.32 Å². The van der Waals surface area contributed by atoms with Crippen LogP contribution in [0.4, 0.5) is 13.2 Å². The second-order valence-electron chi connectivity index (χ2n) is 3.61. The van der Waals surface area contributed by atoms with Gasteiger partial charge in [-0.2, -0.15) is 13.2 Å². The van der Waals surface area contributed by atoms with Gasteiger partial charge in [0.2, 0.25) is 0 Å². The Labute approximate surface area is 96.2 Å². The Balaban J connectivity index is 2.43. The van der Waals surface area contributed by atoms with E-state index in [0.29, 0.717) is 6.42 Å². The lowest BCUT2D eigenvalue weighted by Gasteiger charge is -2.17. The van der Waals surface area contributed by atoms with Gasteiger partial charge in [-0.05, 0) is 0 Å². The van der Waals surface area contributed by atoms with Crippen LogP contribution in [0.5, 0.6) is 0 Å². The van der Waals surface area contributed by atoms with Gasteiger partial charge in [-0.25, -0.2) is 0 Å². The molecule has 1 aliphatic rings. The third-order valence-electron chi connectivity index (χ3n) is 2.44. The van der Waals surface area contributed by atoms with Gasteiger partial charge in [-0.3, -0.25) is 4.79 Å². The first-order valence-electron chi connectivity index (χ1n) is 4.94. The summed E-state index contributed by atoms with van der Waals surface area (Å²) in [6.07, 6.45) is -5.70. The van der Waals surface area contributed by atoms with Crippen molar-refractivity contribution in [2.45, 2.75) is 25.2 Å². The van der Waals surface area contributed by atoms with Gasteiger partial charge in [0.05, 0.1) is 0 Å². The Morgan fingerprint density at radius 3 is 2.53 bits per heavy atom. The molecule has 1 N–H and O–H groups in total. The summed E-state index contributed by atoms with van der Waals surface area (Å²) >= 11 is 0. The zero-order valence-corrected chi connectivity index (χ0v) is 9.41. The Bertz CT molecular complexity index is 271. The van der Waals surface area contributed by atoms with Gasteiger partial charge in [-0.15, -0.1) is 0 Å². The average molecular weight is 257 g/mol. The van der Waals surface area contributed by atoms with Crippen molar-refractivity contribution >= 4 is 5.91 Å². The van der Waals surface area contributed by atoms with Gasteiger partial charge in [0, 0.05) is 33.1 Å². The topological polar surface area (TPSA) is 56.8 Å². The molecule has 1 fully saturated rings. The van der Waals surface area contributed by atoms with E-state index in [-0.39, 0.29) is 12.5 Å². The lowest BCUT2D eigenvalue weighted by atomic mass is 10.1. The smallest absolute Gasteiger partial charge is 0.356 e. The van der Waals surface area contributed by atoms with Crippen molar-refractivity contribution in [3.63, 3.8) is 0 Å². The summed E-state index contributed by atoms with van der Waals surface area (Å²) in [5.41, 5.74) is 0. The highest BCUT2D eigenvalue weighted by Crippen LogP contribution is 2.27. The quantitative estimate of drug-likeness (QED) is 0.803. The minimum atomic E-state index is -4.87. The third kappa shape index (κ3) is 3.83. The molecule has 0 saturated carbocycles. The van der Waals surface area contributed by atoms with Gasteiger partial charge in [0.25, 0.3) is 0 Å². The average Bonchev–Trinajstić information content (AvgIpc) is 2.66. The molecule has 1 heterocycles. The molecule has 3 unspecified atom stereocenters. The SMILES string of the molecule is COC1CC(CNC(=O)C(F)(F)F)C(OC)O1. The maximum absolute atomic E-state index is 11.9. The highest BCUT2D eigenvalue weighted by atomic mass is 19.4. The molecule has 1 saturated heterocycles. The van der Waals surface area contributed by atoms with Gasteiger partial charge in [0.1, 0.15) is 0 Å². The van der Waals surface area contributed by atoms with Crippen LogP contribution in [-0.4, -0.2) is 45.4 Å². The molecule has 3 atom stereocenters. The number of carbonyl (C=O) groups excluding carboxylic acids is 1. The number of rotatable bonds is 4. The molecule has 5 nitrogen and oxygen atoms in total. The second kappa shape index (κ2) is 5.65. The lowest BCUT2D eigenvalue weighted by molar-refractivity contribution is -0.193. The summed E-state index contributed by atoms with van der Waals surface area (Å²) in [4.78, 5) is 10.6. The molecule has 0 aromatic heterocycles. The minimum absolute atomic E-state index is 0.170. The highest BCUT2D eigenvalue weighted by molar-refractivity contribution is 5.81. The first-order valence-corrected chi connectivity index (χ1v) is 4.94. The van der Waals surface area contributed by atoms with Crippen LogP contribution in [0.1, 0.15) is 6.42 Å². The summed E-state index contributed by atoms with van der Waals surface area (Å²) < 4.78 is 50.9. The standard InChI is InChI=1S/C9H14F3NO4/c1-15-6-3-5(7(16-2)17-6)4-13-8(14)9(10,11)12/h5-7H,3-4H2,1-2H3,(H,13,14). The fourth-order valence-electron chi connectivity index (χ4n) is 1.58. The number of hydrogen-bond acceptors (Lipinski definition) is 4. The number of halogens is 3. The van der Waals surface area contributed by atoms with E-state index in [4.69, 9.17) is 14.2 Å². The summed E-state index contributed by atoms with van der Waals surface area (Å²) in [5, 5.41) is 1.79. The number of amides is 1. The zero-order chi connectivity index (χ0) is 13.1. The second-order valence-corrected chi connectivity index (χ2v) is 3.61. The van der Waals surface area contributed by atoms with Crippen LogP contribution in [0, 0.1) is 5.92 Å². The molecular formula is C9H14F3NO4. The molecule has 8 heteroatoms. The number of hydrogen-bond donors (Lipinski definition) is 1. The molecule has 0 aliphatic carbocycles. The fraction of sp³-hybridized carbons (Fsp3) is 0.889. The zero-order valence-electron chi connectivity index (χ0n) is 9.41. The molecule has 0 aromatic carbocycles. The molecule has 1 amide bonds. The summed E-state index contributed by atoms with van der Waals surface area (Å²) in [7, 11) is 2.80. The predicted molar refractivity (Wildman–Crippen MR) is 49.9 cm³/mol. The van der Waals surface area contributed by atoms with Crippen molar-refractivity contribution in [2.24, 2.45) is 5.92 Å². The molecule has 100 valence electrons. The number of methoxy groups -OCH3 is 2. The Hall–Kier alpha value is -0.860. The van der Waals surface area contributed by atoms with Crippen LogP contribution >= 0.6 is 0 Å². The fourth-order valence-corrected chi connectivity index (χ4v) is 1.58. The van der Waals surface area contributed by atoms with Crippen molar-refractivity contribution in [2.75, 3.05) is 20.8 Å². The molecule has 1 aliphatic heterocycles. The van der Waals surface area contributed by atoms with Crippen molar-refractivity contribution < 1.29 is 32.2 Å². The maximum atomic E-state index is 11.9. The van der Waals surface area contributed by atoms with Crippen molar-refractivity contribution in [3.05, 3.63) is 0 Å². The summed E-state index contributed by atoms with van der Waals surface area (Å²) in [6, 6.07) is 0. The van der Waals surface area contributed by atoms with Gasteiger partial charge in [0.15, 0.2) is 12.6 Å². The third-order valence-corrected chi connectivity index (χ3v) is 2.44. The van der Waals surface area contributed by atoms with E-state index in [0.717, 1.165) is 0 Å². The van der Waals surface area contributed by atoms with Crippen LogP contribution in [-0.2, 0) is 19.0 Å². The van der Waals surface area contributed by atoms with E-state index in [1.165, 1.54) is 14.2 Å². The van der Waals surface area contributed by atoms with Gasteiger partial charge < -0.3 is 19.5 Å². The van der Waals surface area contributed by atoms with E-state index < -0.39 is 24.7 Å². The molecule has 0 spiro atoms. The van der Waals surface area contributed by atoms with Gasteiger partial charge in [-0.1, -0.05) is 0 Å². The number of nitrogens with one attached hydrogen (secondary N) is 1. The highest BCUT2D eigenvalue weighted by Gasteiger charge is 2.41. The van der Waals surface area contributed by atoms with Crippen LogP contribution in [0.2, 0.25) is 0 Å². The molecule has 17 heavy (non-hydrogen) atoms. The van der Waals surface area contributed by atoms with Crippen molar-refractivity contribution in [1.82, 2.24) is 5.32 Å². The molecule has 0 aromatic rings. The first kappa shape index (κ1) is 14.2. The minimum Gasteiger partial charge on any atom is -0.356 e. The largest absolute Gasteiger partial charge is 0.471 e. The van der Waals surface area contributed by atoms with Crippen LogP contribution in [0.15, 0.2) is 0 Å². The number of ether oxygens (including phenoxy) is 3. The van der Waals surface area contributed by atoms with Crippen LogP contribution in [0.25, 0.3) is 0 Å². The van der Waals surface area contributed by atoms with Crippen molar-refractivity contribution in [3.8, 4) is 0 Å². The van der Waals surface area contributed by atoms with E-state index in [9.17, 15) is 18.0 Å². The number of carbonyl (C=O) groups is 1.